The Morgan fingerprint density at radius 2 is 1.06 bits per heavy atom. The van der Waals surface area contributed by atoms with Gasteiger partial charge in [0, 0.05) is 36.3 Å². The Morgan fingerprint density at radius 3 is 1.44 bits per heavy atom. The summed E-state index contributed by atoms with van der Waals surface area (Å²) >= 11 is 0. The van der Waals surface area contributed by atoms with Gasteiger partial charge in [-0.1, -0.05) is 24.3 Å². The third-order valence-electron chi connectivity index (χ3n) is 5.04. The first-order chi connectivity index (χ1) is 15.4. The largest absolute Gasteiger partial charge is 0.338 e. The number of aromatic amines is 2. The van der Waals surface area contributed by atoms with Crippen LogP contribution in [-0.2, 0) is 9.59 Å². The molecular weight excluding hydrogens is 404 g/mol. The smallest absolute Gasteiger partial charge is 0.221 e. The lowest BCUT2D eigenvalue weighted by atomic mass is 10.1. The molecule has 0 unspecified atom stereocenters. The van der Waals surface area contributed by atoms with Crippen molar-refractivity contribution in [3.05, 3.63) is 60.7 Å². The van der Waals surface area contributed by atoms with Crippen molar-refractivity contribution in [2.45, 2.75) is 13.8 Å². The molecule has 32 heavy (non-hydrogen) atoms. The predicted molar refractivity (Wildman–Crippen MR) is 125 cm³/mol. The number of amides is 2. The number of nitrogens with zero attached hydrogens (tertiary/aromatic N) is 2. The molecule has 0 saturated heterocycles. The van der Waals surface area contributed by atoms with E-state index in [1.807, 2.05) is 60.7 Å². The summed E-state index contributed by atoms with van der Waals surface area (Å²) in [5.41, 5.74) is 6.68. The molecule has 0 spiro atoms. The number of benzene rings is 3. The molecule has 158 valence electrons. The Bertz CT molecular complexity index is 1370. The molecule has 8 nitrogen and oxygen atoms in total. The maximum atomic E-state index is 11.3. The monoisotopic (exact) mass is 424 g/mol. The number of hydrogen-bond acceptors (Lipinski definition) is 4. The van der Waals surface area contributed by atoms with E-state index >= 15 is 0 Å². The fraction of sp³-hybridized carbons (Fsp3) is 0.0833. The molecule has 0 aliphatic heterocycles. The van der Waals surface area contributed by atoms with Crippen molar-refractivity contribution in [2.75, 3.05) is 10.6 Å². The number of H-pyrrole nitrogens is 2. The summed E-state index contributed by atoms with van der Waals surface area (Å²) in [7, 11) is 0. The summed E-state index contributed by atoms with van der Waals surface area (Å²) in [4.78, 5) is 38.5. The highest BCUT2D eigenvalue weighted by Gasteiger charge is 2.10. The Balaban J connectivity index is 1.42. The summed E-state index contributed by atoms with van der Waals surface area (Å²) < 4.78 is 0. The highest BCUT2D eigenvalue weighted by Crippen LogP contribution is 2.27. The molecule has 2 heterocycles. The fourth-order valence-electron chi connectivity index (χ4n) is 3.64. The van der Waals surface area contributed by atoms with Gasteiger partial charge in [-0.25, -0.2) is 9.97 Å². The van der Waals surface area contributed by atoms with E-state index in [1.54, 1.807) is 0 Å². The summed E-state index contributed by atoms with van der Waals surface area (Å²) in [6, 6.07) is 19.1. The summed E-state index contributed by atoms with van der Waals surface area (Å²) in [5.74, 6) is 1.26. The predicted octanol–water partition coefficient (Wildman–Crippen LogP) is 4.69. The first-order valence-electron chi connectivity index (χ1n) is 10.1. The van der Waals surface area contributed by atoms with Crippen LogP contribution in [0.5, 0.6) is 0 Å². The second-order valence-corrected chi connectivity index (χ2v) is 7.57. The zero-order valence-electron chi connectivity index (χ0n) is 17.5. The van der Waals surface area contributed by atoms with Gasteiger partial charge in [0.2, 0.25) is 11.8 Å². The first kappa shape index (κ1) is 19.5. The van der Waals surface area contributed by atoms with E-state index in [9.17, 15) is 9.59 Å². The minimum atomic E-state index is -0.114. The minimum absolute atomic E-state index is 0.114. The second-order valence-electron chi connectivity index (χ2n) is 7.57. The van der Waals surface area contributed by atoms with Crippen LogP contribution < -0.4 is 10.6 Å². The van der Waals surface area contributed by atoms with E-state index in [-0.39, 0.29) is 11.8 Å². The van der Waals surface area contributed by atoms with E-state index in [0.717, 1.165) is 56.2 Å². The van der Waals surface area contributed by atoms with Crippen LogP contribution in [0.1, 0.15) is 13.8 Å². The van der Waals surface area contributed by atoms with E-state index in [2.05, 4.69) is 30.6 Å². The molecule has 2 aromatic heterocycles. The summed E-state index contributed by atoms with van der Waals surface area (Å²) in [6.07, 6.45) is 0. The number of carbonyl (C=O) groups excluding carboxylic acids is 2. The number of carbonyl (C=O) groups is 2. The molecule has 4 N–H and O–H groups in total. The van der Waals surface area contributed by atoms with Crippen LogP contribution in [0.15, 0.2) is 60.7 Å². The SMILES string of the molecule is CC(=O)Nc1ccc2nc(-c3ccc(-c4nc5ccc(NC(C)=O)cc5[nH]4)cc3)[nH]c2c1. The third-order valence-corrected chi connectivity index (χ3v) is 5.04. The molecule has 0 saturated carbocycles. The summed E-state index contributed by atoms with van der Waals surface area (Å²) in [5, 5.41) is 5.55. The van der Waals surface area contributed by atoms with Crippen LogP contribution in [0, 0.1) is 0 Å². The molecule has 0 radical (unpaired) electrons. The van der Waals surface area contributed by atoms with Gasteiger partial charge in [0.15, 0.2) is 0 Å². The van der Waals surface area contributed by atoms with Gasteiger partial charge in [-0.15, -0.1) is 0 Å². The standard InChI is InChI=1S/C24H20N6O2/c1-13(31)25-17-7-9-19-21(11-17)29-23(27-19)15-3-5-16(6-4-15)24-28-20-10-8-18(26-14(2)32)12-22(20)30-24/h3-12H,1-2H3,(H,25,31)(H,26,32)(H,27,29)(H,28,30). The van der Waals surface area contributed by atoms with Gasteiger partial charge in [0.25, 0.3) is 0 Å². The molecule has 0 aliphatic carbocycles. The van der Waals surface area contributed by atoms with Crippen molar-refractivity contribution < 1.29 is 9.59 Å². The van der Waals surface area contributed by atoms with Crippen molar-refractivity contribution in [1.29, 1.82) is 0 Å². The van der Waals surface area contributed by atoms with Crippen LogP contribution in [-0.4, -0.2) is 31.8 Å². The highest BCUT2D eigenvalue weighted by molar-refractivity contribution is 5.93. The third kappa shape index (κ3) is 3.81. The average Bonchev–Trinajstić information content (AvgIpc) is 3.36. The molecule has 0 aliphatic rings. The average molecular weight is 424 g/mol. The molecule has 5 aromatic rings. The fourth-order valence-corrected chi connectivity index (χ4v) is 3.64. The van der Waals surface area contributed by atoms with E-state index < -0.39 is 0 Å². The number of nitrogens with one attached hydrogen (secondary N) is 4. The number of anilines is 2. The van der Waals surface area contributed by atoms with Crippen LogP contribution >= 0.6 is 0 Å². The van der Waals surface area contributed by atoms with Gasteiger partial charge in [-0.05, 0) is 36.4 Å². The van der Waals surface area contributed by atoms with Crippen LogP contribution in [0.2, 0.25) is 0 Å². The van der Waals surface area contributed by atoms with Gasteiger partial charge in [0.1, 0.15) is 11.6 Å². The maximum absolute atomic E-state index is 11.3. The van der Waals surface area contributed by atoms with Crippen molar-refractivity contribution in [3.63, 3.8) is 0 Å². The summed E-state index contributed by atoms with van der Waals surface area (Å²) in [6.45, 7) is 2.96. The normalized spacial score (nSPS) is 11.1. The Hall–Kier alpha value is -4.46. The van der Waals surface area contributed by atoms with Crippen molar-refractivity contribution >= 4 is 45.3 Å². The van der Waals surface area contributed by atoms with E-state index in [1.165, 1.54) is 13.8 Å². The number of imidazole rings is 2. The zero-order chi connectivity index (χ0) is 22.2. The Kier molecular flexibility index (Phi) is 4.67. The molecule has 0 fully saturated rings. The number of fused-ring (bicyclic) bond motifs is 2. The molecular formula is C24H20N6O2. The quantitative estimate of drug-likeness (QED) is 0.335. The van der Waals surface area contributed by atoms with Crippen LogP contribution in [0.4, 0.5) is 11.4 Å². The second kappa shape index (κ2) is 7.66. The molecule has 2 amide bonds. The number of hydrogen-bond donors (Lipinski definition) is 4. The first-order valence-corrected chi connectivity index (χ1v) is 10.1. The van der Waals surface area contributed by atoms with Crippen molar-refractivity contribution in [3.8, 4) is 22.8 Å². The van der Waals surface area contributed by atoms with Crippen LogP contribution in [0.25, 0.3) is 44.8 Å². The molecule has 8 heteroatoms. The molecule has 3 aromatic carbocycles. The number of rotatable bonds is 4. The van der Waals surface area contributed by atoms with E-state index in [4.69, 9.17) is 0 Å². The lowest BCUT2D eigenvalue weighted by Gasteiger charge is -2.00. The lowest BCUT2D eigenvalue weighted by Crippen LogP contribution is -2.05. The van der Waals surface area contributed by atoms with Crippen molar-refractivity contribution in [1.82, 2.24) is 19.9 Å². The topological polar surface area (TPSA) is 116 Å². The van der Waals surface area contributed by atoms with Crippen LogP contribution in [0.3, 0.4) is 0 Å². The van der Waals surface area contributed by atoms with Gasteiger partial charge >= 0.3 is 0 Å². The van der Waals surface area contributed by atoms with E-state index in [0.29, 0.717) is 0 Å². The lowest BCUT2D eigenvalue weighted by molar-refractivity contribution is -0.115. The number of aromatic nitrogens is 4. The van der Waals surface area contributed by atoms with Gasteiger partial charge < -0.3 is 20.6 Å². The molecule has 5 rings (SSSR count). The van der Waals surface area contributed by atoms with Gasteiger partial charge in [0.05, 0.1) is 22.1 Å². The zero-order valence-corrected chi connectivity index (χ0v) is 17.5. The minimum Gasteiger partial charge on any atom is -0.338 e. The van der Waals surface area contributed by atoms with Gasteiger partial charge in [-0.2, -0.15) is 0 Å². The Labute approximate surface area is 183 Å². The van der Waals surface area contributed by atoms with Crippen molar-refractivity contribution in [2.24, 2.45) is 0 Å². The highest BCUT2D eigenvalue weighted by atomic mass is 16.2. The Morgan fingerprint density at radius 1 is 0.656 bits per heavy atom. The molecule has 0 atom stereocenters. The molecule has 0 bridgehead atoms. The maximum Gasteiger partial charge on any atom is 0.221 e. The van der Waals surface area contributed by atoms with Gasteiger partial charge in [-0.3, -0.25) is 9.59 Å².